The van der Waals surface area contributed by atoms with Crippen molar-refractivity contribution in [2.45, 2.75) is 51.0 Å². The molecule has 2 rings (SSSR count). The van der Waals surface area contributed by atoms with E-state index in [4.69, 9.17) is 0 Å². The average Bonchev–Trinajstić information content (AvgIpc) is 2.17. The Morgan fingerprint density at radius 1 is 1.12 bits per heavy atom. The Kier molecular flexibility index (Phi) is 4.78. The summed E-state index contributed by atoms with van der Waals surface area (Å²) >= 11 is 0. The average molecular weight is 257 g/mol. The Bertz CT molecular complexity index is 255. The molecular formula is C14H27NOS. The summed E-state index contributed by atoms with van der Waals surface area (Å²) in [4.78, 5) is 11.8. The van der Waals surface area contributed by atoms with Gasteiger partial charge in [0.1, 0.15) is 0 Å². The Hall–Kier alpha value is -0.180. The highest BCUT2D eigenvalue weighted by Crippen LogP contribution is 2.31. The van der Waals surface area contributed by atoms with Crippen LogP contribution in [-0.2, 0) is 4.79 Å². The van der Waals surface area contributed by atoms with Crippen molar-refractivity contribution in [3.8, 4) is 0 Å². The molecule has 0 bridgehead atoms. The topological polar surface area (TPSA) is 29.1 Å². The van der Waals surface area contributed by atoms with Crippen LogP contribution in [0.3, 0.4) is 0 Å². The van der Waals surface area contributed by atoms with Gasteiger partial charge in [0.2, 0.25) is 5.91 Å². The van der Waals surface area contributed by atoms with Gasteiger partial charge in [-0.05, 0) is 62.7 Å². The van der Waals surface area contributed by atoms with Gasteiger partial charge in [0.05, 0.1) is 0 Å². The van der Waals surface area contributed by atoms with Crippen molar-refractivity contribution in [3.05, 3.63) is 0 Å². The number of carbonyl (C=O) groups excluding carboxylic acids is 1. The summed E-state index contributed by atoms with van der Waals surface area (Å²) in [5, 5.41) is 3.26. The van der Waals surface area contributed by atoms with Gasteiger partial charge < -0.3 is 5.32 Å². The second kappa shape index (κ2) is 6.12. The number of nitrogens with one attached hydrogen (secondary N) is 1. The lowest BCUT2D eigenvalue weighted by Crippen LogP contribution is -2.42. The summed E-state index contributed by atoms with van der Waals surface area (Å²) in [6.07, 6.45) is 13.3. The minimum absolute atomic E-state index is 0.255. The zero-order chi connectivity index (χ0) is 12.3. The van der Waals surface area contributed by atoms with Gasteiger partial charge in [-0.25, -0.2) is 0 Å². The zero-order valence-corrected chi connectivity index (χ0v) is 12.1. The summed E-state index contributed by atoms with van der Waals surface area (Å²) in [6.45, 7) is 0. The molecule has 2 aliphatic carbocycles. The molecule has 2 saturated carbocycles. The van der Waals surface area contributed by atoms with Crippen LogP contribution in [0, 0.1) is 11.8 Å². The molecule has 2 fully saturated rings. The van der Waals surface area contributed by atoms with Crippen molar-refractivity contribution < 1.29 is 4.79 Å². The van der Waals surface area contributed by atoms with Crippen molar-refractivity contribution in [2.75, 3.05) is 18.3 Å². The maximum Gasteiger partial charge on any atom is 0.223 e. The lowest BCUT2D eigenvalue weighted by Gasteiger charge is -2.33. The van der Waals surface area contributed by atoms with Crippen LogP contribution in [0.25, 0.3) is 0 Å². The molecule has 3 heteroatoms. The van der Waals surface area contributed by atoms with E-state index in [1.54, 1.807) is 0 Å². The molecule has 2 aliphatic rings. The van der Waals surface area contributed by atoms with E-state index in [0.29, 0.717) is 17.9 Å². The highest BCUT2D eigenvalue weighted by Gasteiger charge is 2.28. The van der Waals surface area contributed by atoms with E-state index >= 15 is 0 Å². The predicted molar refractivity (Wildman–Crippen MR) is 76.9 cm³/mol. The second-order valence-electron chi connectivity index (χ2n) is 6.12. The highest BCUT2D eigenvalue weighted by molar-refractivity contribution is 8.15. The summed E-state index contributed by atoms with van der Waals surface area (Å²) in [5.41, 5.74) is 0. The summed E-state index contributed by atoms with van der Waals surface area (Å²) in [6, 6.07) is 0.485. The maximum absolute atomic E-state index is 11.8. The van der Waals surface area contributed by atoms with E-state index in [0.717, 1.165) is 18.8 Å². The standard InChI is InChI=1S/C14H27NOS/c1-17(2)10-11-6-8-13(9-7-11)15-14(16)12-4-3-5-12/h11-13,17H,3-10H2,1-2H3,(H,15,16)/t11-,13-. The minimum atomic E-state index is 0.255. The first kappa shape index (κ1) is 13.3. The van der Waals surface area contributed by atoms with Crippen molar-refractivity contribution in [2.24, 2.45) is 11.8 Å². The number of thiol groups is 1. The van der Waals surface area contributed by atoms with Crippen molar-refractivity contribution >= 4 is 16.8 Å². The number of carbonyl (C=O) groups is 1. The van der Waals surface area contributed by atoms with Gasteiger partial charge in [-0.15, -0.1) is 0 Å². The maximum atomic E-state index is 11.8. The fourth-order valence-corrected chi connectivity index (χ4v) is 4.39. The molecule has 0 unspecified atom stereocenters. The summed E-state index contributed by atoms with van der Waals surface area (Å²) in [5.74, 6) is 3.06. The molecule has 0 saturated heterocycles. The highest BCUT2D eigenvalue weighted by atomic mass is 32.2. The molecule has 0 aromatic carbocycles. The molecule has 0 aromatic rings. The molecule has 0 aliphatic heterocycles. The number of amides is 1. The normalized spacial score (nSPS) is 30.6. The molecule has 0 aromatic heterocycles. The molecule has 1 N–H and O–H groups in total. The quantitative estimate of drug-likeness (QED) is 0.745. The fraction of sp³-hybridized carbons (Fsp3) is 0.929. The van der Waals surface area contributed by atoms with E-state index in [1.165, 1.54) is 37.9 Å². The third kappa shape index (κ3) is 3.90. The van der Waals surface area contributed by atoms with Crippen molar-refractivity contribution in [1.82, 2.24) is 5.32 Å². The Balaban J connectivity index is 1.66. The van der Waals surface area contributed by atoms with E-state index in [9.17, 15) is 4.79 Å². The van der Waals surface area contributed by atoms with Crippen LogP contribution in [0.15, 0.2) is 0 Å². The van der Waals surface area contributed by atoms with Gasteiger partial charge in [-0.1, -0.05) is 6.42 Å². The van der Waals surface area contributed by atoms with Crippen LogP contribution >= 0.6 is 10.9 Å². The molecule has 0 spiro atoms. The molecule has 0 radical (unpaired) electrons. The van der Waals surface area contributed by atoms with E-state index in [1.807, 2.05) is 0 Å². The molecule has 17 heavy (non-hydrogen) atoms. The Morgan fingerprint density at radius 2 is 1.76 bits per heavy atom. The number of rotatable bonds is 4. The predicted octanol–water partition coefficient (Wildman–Crippen LogP) is 2.72. The first-order valence-electron chi connectivity index (χ1n) is 7.10. The molecule has 0 atom stereocenters. The van der Waals surface area contributed by atoms with Crippen LogP contribution in [-0.4, -0.2) is 30.2 Å². The van der Waals surface area contributed by atoms with Gasteiger partial charge in [0.15, 0.2) is 0 Å². The van der Waals surface area contributed by atoms with Gasteiger partial charge in [-0.2, -0.15) is 0 Å². The lowest BCUT2D eigenvalue weighted by molar-refractivity contribution is -0.128. The van der Waals surface area contributed by atoms with E-state index < -0.39 is 0 Å². The first-order chi connectivity index (χ1) is 8.15. The number of hydrogen-bond acceptors (Lipinski definition) is 1. The second-order valence-corrected chi connectivity index (χ2v) is 8.64. The van der Waals surface area contributed by atoms with Gasteiger partial charge in [0.25, 0.3) is 0 Å². The molecule has 100 valence electrons. The van der Waals surface area contributed by atoms with Crippen molar-refractivity contribution in [3.63, 3.8) is 0 Å². The molecule has 2 nitrogen and oxygen atoms in total. The van der Waals surface area contributed by atoms with Gasteiger partial charge in [-0.3, -0.25) is 15.7 Å². The van der Waals surface area contributed by atoms with Crippen LogP contribution < -0.4 is 5.32 Å². The van der Waals surface area contributed by atoms with Gasteiger partial charge >= 0.3 is 0 Å². The first-order valence-corrected chi connectivity index (χ1v) is 9.52. The molecule has 1 amide bonds. The molecular weight excluding hydrogens is 230 g/mol. The summed E-state index contributed by atoms with van der Waals surface area (Å²) < 4.78 is 0. The molecule has 0 heterocycles. The smallest absolute Gasteiger partial charge is 0.223 e. The van der Waals surface area contributed by atoms with Crippen LogP contribution in [0.5, 0.6) is 0 Å². The third-order valence-corrected chi connectivity index (χ3v) is 5.54. The Morgan fingerprint density at radius 3 is 2.24 bits per heavy atom. The van der Waals surface area contributed by atoms with Crippen LogP contribution in [0.1, 0.15) is 44.9 Å². The Labute approximate surface area is 108 Å². The minimum Gasteiger partial charge on any atom is -0.353 e. The van der Waals surface area contributed by atoms with E-state index in [2.05, 4.69) is 17.8 Å². The third-order valence-electron chi connectivity index (χ3n) is 4.29. The van der Waals surface area contributed by atoms with E-state index in [-0.39, 0.29) is 10.9 Å². The van der Waals surface area contributed by atoms with Crippen molar-refractivity contribution in [1.29, 1.82) is 0 Å². The van der Waals surface area contributed by atoms with Crippen LogP contribution in [0.2, 0.25) is 0 Å². The number of hydrogen-bond donors (Lipinski definition) is 2. The monoisotopic (exact) mass is 257 g/mol. The zero-order valence-electron chi connectivity index (χ0n) is 11.2. The largest absolute Gasteiger partial charge is 0.353 e. The fourth-order valence-electron chi connectivity index (χ4n) is 3.00. The van der Waals surface area contributed by atoms with Crippen LogP contribution in [0.4, 0.5) is 0 Å². The van der Waals surface area contributed by atoms with Gasteiger partial charge in [0, 0.05) is 12.0 Å². The lowest BCUT2D eigenvalue weighted by atomic mass is 9.83. The summed E-state index contributed by atoms with van der Waals surface area (Å²) in [7, 11) is 0.255. The SMILES string of the molecule is C[SH](C)C[C@H]1CC[C@H](NC(=O)C2CCC2)CC1.